The van der Waals surface area contributed by atoms with Crippen LogP contribution in [0.4, 0.5) is 11.5 Å². The third-order valence-corrected chi connectivity index (χ3v) is 12.4. The number of hydrogen-bond acceptors (Lipinski definition) is 7. The van der Waals surface area contributed by atoms with Crippen LogP contribution in [0.2, 0.25) is 5.02 Å². The van der Waals surface area contributed by atoms with Crippen LogP contribution >= 0.6 is 11.6 Å². The van der Waals surface area contributed by atoms with E-state index in [1.165, 1.54) is 0 Å². The number of fused-ring (bicyclic) bond motifs is 1. The summed E-state index contributed by atoms with van der Waals surface area (Å²) < 4.78 is 29.2. The molecule has 2 amide bonds. The van der Waals surface area contributed by atoms with Crippen molar-refractivity contribution in [2.45, 2.75) is 50.8 Å². The van der Waals surface area contributed by atoms with Gasteiger partial charge in [-0.2, -0.15) is 4.31 Å². The third kappa shape index (κ3) is 6.87. The minimum atomic E-state index is -3.63. The lowest BCUT2D eigenvalue weighted by atomic mass is 9.94. The first kappa shape index (κ1) is 32.2. The average Bonchev–Trinajstić information content (AvgIpc) is 3.79. The number of sulfonamides is 1. The molecule has 4 aliphatic heterocycles. The molecule has 4 saturated heterocycles. The highest BCUT2D eigenvalue weighted by atomic mass is 35.5. The number of carbonyl (C=O) groups is 2. The molecule has 45 heavy (non-hydrogen) atoms. The SMILES string of the molecule is CC(=O)N1CCC(C(=O)N(CCCN2C[C@@H]3CN(S(=O)(=O)c4cccnc4N4CCCC4)C[C@@H]3C2)c2ccc(C)c(Cl)c2)CC1. The predicted octanol–water partition coefficient (Wildman–Crippen LogP) is 3.88. The number of carbonyl (C=O) groups excluding carboxylic acids is 2. The number of aryl methyl sites for hydroxylation is 1. The van der Waals surface area contributed by atoms with E-state index in [-0.39, 0.29) is 17.7 Å². The molecule has 2 atom stereocenters. The largest absolute Gasteiger partial charge is 0.355 e. The number of amides is 2. The van der Waals surface area contributed by atoms with Gasteiger partial charge in [-0.15, -0.1) is 0 Å². The Morgan fingerprint density at radius 3 is 2.33 bits per heavy atom. The number of hydrogen-bond donors (Lipinski definition) is 0. The zero-order valence-electron chi connectivity index (χ0n) is 26.4. The zero-order chi connectivity index (χ0) is 31.7. The monoisotopic (exact) mass is 656 g/mol. The first-order valence-electron chi connectivity index (χ1n) is 16.4. The molecular formula is C33H45ClN6O4S. The standard InChI is InChI=1S/C33H45ClN6O4S/c1-24-8-9-29(19-30(24)34)40(33(42)26-10-17-37(18-11-26)25(2)41)16-6-13-36-20-27-22-39(23-28(27)21-36)45(43,44)31-7-5-12-35-32(31)38-14-3-4-15-38/h5,7-9,12,19,26-28H,3-4,6,10-11,13-18,20-23H2,1-2H3/t27-,28+. The Morgan fingerprint density at radius 2 is 1.69 bits per heavy atom. The van der Waals surface area contributed by atoms with Gasteiger partial charge in [0.2, 0.25) is 21.8 Å². The first-order chi connectivity index (χ1) is 21.6. The second kappa shape index (κ2) is 13.6. The van der Waals surface area contributed by atoms with Crippen LogP contribution in [0.15, 0.2) is 41.4 Å². The van der Waals surface area contributed by atoms with E-state index >= 15 is 0 Å². The Bertz CT molecular complexity index is 1490. The van der Waals surface area contributed by atoms with Gasteiger partial charge in [-0.05, 0) is 87.2 Å². The molecule has 4 fully saturated rings. The van der Waals surface area contributed by atoms with Gasteiger partial charge < -0.3 is 19.6 Å². The smallest absolute Gasteiger partial charge is 0.246 e. The first-order valence-corrected chi connectivity index (χ1v) is 18.2. The summed E-state index contributed by atoms with van der Waals surface area (Å²) in [5.74, 6) is 1.22. The minimum absolute atomic E-state index is 0.0584. The van der Waals surface area contributed by atoms with Crippen LogP contribution < -0.4 is 9.80 Å². The molecule has 4 aliphatic rings. The summed E-state index contributed by atoms with van der Waals surface area (Å²) in [5, 5.41) is 0.641. The second-order valence-electron chi connectivity index (χ2n) is 13.2. The fourth-order valence-corrected chi connectivity index (χ4v) is 9.44. The van der Waals surface area contributed by atoms with Gasteiger partial charge in [0.25, 0.3) is 0 Å². The Labute approximate surface area is 272 Å². The molecule has 1 aromatic carbocycles. The number of anilines is 2. The molecule has 0 N–H and O–H groups in total. The van der Waals surface area contributed by atoms with Gasteiger partial charge in [0.15, 0.2) is 0 Å². The van der Waals surface area contributed by atoms with Crippen LogP contribution in [0.1, 0.15) is 44.6 Å². The van der Waals surface area contributed by atoms with Gasteiger partial charge in [-0.25, -0.2) is 13.4 Å². The van der Waals surface area contributed by atoms with Gasteiger partial charge in [0.1, 0.15) is 10.7 Å². The second-order valence-corrected chi connectivity index (χ2v) is 15.5. The highest BCUT2D eigenvalue weighted by Gasteiger charge is 2.45. The molecule has 6 rings (SSSR count). The van der Waals surface area contributed by atoms with Crippen molar-refractivity contribution >= 4 is 44.9 Å². The van der Waals surface area contributed by atoms with E-state index in [2.05, 4.69) is 14.8 Å². The van der Waals surface area contributed by atoms with Crippen LogP contribution in [0, 0.1) is 24.7 Å². The summed E-state index contributed by atoms with van der Waals surface area (Å²) >= 11 is 6.48. The van der Waals surface area contributed by atoms with Crippen molar-refractivity contribution in [2.75, 3.05) is 75.2 Å². The number of rotatable bonds is 9. The fraction of sp³-hybridized carbons (Fsp3) is 0.606. The predicted molar refractivity (Wildman–Crippen MR) is 176 cm³/mol. The Hall–Kier alpha value is -2.73. The van der Waals surface area contributed by atoms with E-state index in [4.69, 9.17) is 11.6 Å². The summed E-state index contributed by atoms with van der Waals surface area (Å²) in [6.07, 6.45) is 5.95. The number of likely N-dealkylation sites (tertiary alicyclic amines) is 2. The van der Waals surface area contributed by atoms with Crippen molar-refractivity contribution in [2.24, 2.45) is 17.8 Å². The van der Waals surface area contributed by atoms with E-state index in [9.17, 15) is 18.0 Å². The summed E-state index contributed by atoms with van der Waals surface area (Å²) in [7, 11) is -3.63. The van der Waals surface area contributed by atoms with Gasteiger partial charge in [0, 0.05) is 88.7 Å². The van der Waals surface area contributed by atoms with Crippen molar-refractivity contribution in [3.05, 3.63) is 47.1 Å². The summed E-state index contributed by atoms with van der Waals surface area (Å²) in [6, 6.07) is 9.23. The van der Waals surface area contributed by atoms with E-state index in [1.807, 2.05) is 34.9 Å². The molecule has 0 aliphatic carbocycles. The number of aromatic nitrogens is 1. The molecule has 0 spiro atoms. The fourth-order valence-electron chi connectivity index (χ4n) is 7.55. The molecular weight excluding hydrogens is 612 g/mol. The average molecular weight is 657 g/mol. The zero-order valence-corrected chi connectivity index (χ0v) is 28.0. The van der Waals surface area contributed by atoms with Crippen molar-refractivity contribution in [1.82, 2.24) is 19.1 Å². The van der Waals surface area contributed by atoms with Crippen molar-refractivity contribution in [3.63, 3.8) is 0 Å². The maximum absolute atomic E-state index is 13.8. The van der Waals surface area contributed by atoms with Crippen molar-refractivity contribution < 1.29 is 18.0 Å². The van der Waals surface area contributed by atoms with Gasteiger partial charge >= 0.3 is 0 Å². The number of nitrogens with zero attached hydrogens (tertiary/aromatic N) is 6. The van der Waals surface area contributed by atoms with Crippen LogP contribution in [-0.2, 0) is 19.6 Å². The number of benzene rings is 1. The Balaban J connectivity index is 1.06. The quantitative estimate of drug-likeness (QED) is 0.404. The molecule has 0 unspecified atom stereocenters. The molecule has 5 heterocycles. The van der Waals surface area contributed by atoms with Gasteiger partial charge in [0.05, 0.1) is 0 Å². The molecule has 0 bridgehead atoms. The molecule has 1 aromatic heterocycles. The summed E-state index contributed by atoms with van der Waals surface area (Å²) in [6.45, 7) is 10.6. The maximum atomic E-state index is 13.8. The molecule has 2 aromatic rings. The lowest BCUT2D eigenvalue weighted by molar-refractivity contribution is -0.133. The van der Waals surface area contributed by atoms with Crippen LogP contribution in [0.5, 0.6) is 0 Å². The van der Waals surface area contributed by atoms with Gasteiger partial charge in [-0.1, -0.05) is 17.7 Å². The third-order valence-electron chi connectivity index (χ3n) is 10.2. The lowest BCUT2D eigenvalue weighted by Gasteiger charge is -2.34. The number of pyridine rings is 1. The molecule has 10 nitrogen and oxygen atoms in total. The highest BCUT2D eigenvalue weighted by Crippen LogP contribution is 2.37. The van der Waals surface area contributed by atoms with Crippen LogP contribution in [0.3, 0.4) is 0 Å². The van der Waals surface area contributed by atoms with Crippen LogP contribution in [0.25, 0.3) is 0 Å². The topological polar surface area (TPSA) is 97.4 Å². The van der Waals surface area contributed by atoms with Gasteiger partial charge in [-0.3, -0.25) is 9.59 Å². The number of halogens is 1. The van der Waals surface area contributed by atoms with Crippen molar-refractivity contribution in [1.29, 1.82) is 0 Å². The summed E-state index contributed by atoms with van der Waals surface area (Å²) in [5.41, 5.74) is 1.78. The van der Waals surface area contributed by atoms with E-state index < -0.39 is 10.0 Å². The number of piperidine rings is 1. The molecule has 244 valence electrons. The van der Waals surface area contributed by atoms with E-state index in [0.717, 1.165) is 63.2 Å². The van der Waals surface area contributed by atoms with Crippen LogP contribution in [-0.4, -0.2) is 105 Å². The Kier molecular flexibility index (Phi) is 9.70. The molecule has 12 heteroatoms. The normalized spacial score (nSPS) is 23.1. The summed E-state index contributed by atoms with van der Waals surface area (Å²) in [4.78, 5) is 38.6. The maximum Gasteiger partial charge on any atom is 0.246 e. The highest BCUT2D eigenvalue weighted by molar-refractivity contribution is 7.89. The molecule has 0 saturated carbocycles. The lowest BCUT2D eigenvalue weighted by Crippen LogP contribution is -2.44. The molecule has 0 radical (unpaired) electrons. The Morgan fingerprint density at radius 1 is 1.00 bits per heavy atom. The van der Waals surface area contributed by atoms with Crippen molar-refractivity contribution in [3.8, 4) is 0 Å². The minimum Gasteiger partial charge on any atom is -0.355 e. The van der Waals surface area contributed by atoms with E-state index in [0.29, 0.717) is 73.1 Å². The van der Waals surface area contributed by atoms with E-state index in [1.54, 1.807) is 29.6 Å².